The minimum absolute atomic E-state index is 0.0489. The standard InChI is InChI=1S/C20H19N3O3S/c1-12(13-6-8-15-14(10-13)7-9-18(24)22-15)21-19(25)11-27-20-23-16-4-2-3-5-17(16)26-20/h2-6,8,10,12H,7,9,11H2,1H3,(H,21,25)(H,22,24). The number of aromatic nitrogens is 1. The van der Waals surface area contributed by atoms with Gasteiger partial charge in [0.15, 0.2) is 5.58 Å². The Labute approximate surface area is 160 Å². The first-order valence-corrected chi connectivity index (χ1v) is 9.77. The Kier molecular flexibility index (Phi) is 4.85. The first kappa shape index (κ1) is 17.6. The highest BCUT2D eigenvalue weighted by Gasteiger charge is 2.17. The average molecular weight is 381 g/mol. The van der Waals surface area contributed by atoms with Crippen LogP contribution in [0.1, 0.15) is 30.5 Å². The lowest BCUT2D eigenvalue weighted by molar-refractivity contribution is -0.119. The van der Waals surface area contributed by atoms with Gasteiger partial charge in [-0.3, -0.25) is 9.59 Å². The number of nitrogens with one attached hydrogen (secondary N) is 2. The number of hydrogen-bond acceptors (Lipinski definition) is 5. The molecule has 0 aliphatic carbocycles. The van der Waals surface area contributed by atoms with Crippen molar-refractivity contribution in [1.82, 2.24) is 10.3 Å². The summed E-state index contributed by atoms with van der Waals surface area (Å²) in [6, 6.07) is 13.3. The molecule has 138 valence electrons. The second kappa shape index (κ2) is 7.44. The molecule has 27 heavy (non-hydrogen) atoms. The van der Waals surface area contributed by atoms with Crippen LogP contribution >= 0.6 is 11.8 Å². The van der Waals surface area contributed by atoms with Crippen molar-refractivity contribution in [2.45, 2.75) is 31.0 Å². The van der Waals surface area contributed by atoms with E-state index in [0.29, 0.717) is 11.6 Å². The fourth-order valence-corrected chi connectivity index (χ4v) is 3.73. The highest BCUT2D eigenvalue weighted by Crippen LogP contribution is 2.27. The summed E-state index contributed by atoms with van der Waals surface area (Å²) in [4.78, 5) is 28.1. The van der Waals surface area contributed by atoms with E-state index in [2.05, 4.69) is 15.6 Å². The lowest BCUT2D eigenvalue weighted by Gasteiger charge is -2.20. The van der Waals surface area contributed by atoms with E-state index in [1.54, 1.807) is 0 Å². The maximum atomic E-state index is 12.3. The summed E-state index contributed by atoms with van der Waals surface area (Å²) < 4.78 is 5.62. The van der Waals surface area contributed by atoms with Gasteiger partial charge in [0.05, 0.1) is 11.8 Å². The Morgan fingerprint density at radius 2 is 2.15 bits per heavy atom. The molecule has 2 N–H and O–H groups in total. The molecule has 3 aromatic rings. The van der Waals surface area contributed by atoms with E-state index < -0.39 is 0 Å². The van der Waals surface area contributed by atoms with Crippen molar-refractivity contribution < 1.29 is 14.0 Å². The van der Waals surface area contributed by atoms with E-state index >= 15 is 0 Å². The maximum absolute atomic E-state index is 12.3. The Balaban J connectivity index is 1.35. The number of amides is 2. The van der Waals surface area contributed by atoms with Crippen molar-refractivity contribution >= 4 is 40.4 Å². The number of rotatable bonds is 5. The van der Waals surface area contributed by atoms with Crippen molar-refractivity contribution in [2.75, 3.05) is 11.1 Å². The van der Waals surface area contributed by atoms with E-state index in [9.17, 15) is 9.59 Å². The molecule has 0 saturated carbocycles. The van der Waals surface area contributed by atoms with Gasteiger partial charge in [0.2, 0.25) is 11.8 Å². The molecular weight excluding hydrogens is 362 g/mol. The number of fused-ring (bicyclic) bond motifs is 2. The Morgan fingerprint density at radius 1 is 1.30 bits per heavy atom. The minimum atomic E-state index is -0.121. The van der Waals surface area contributed by atoms with Crippen LogP contribution in [0.3, 0.4) is 0 Å². The van der Waals surface area contributed by atoms with Crippen LogP contribution < -0.4 is 10.6 Å². The Bertz CT molecular complexity index is 982. The van der Waals surface area contributed by atoms with Crippen LogP contribution in [-0.4, -0.2) is 22.6 Å². The molecule has 1 aromatic heterocycles. The van der Waals surface area contributed by atoms with Gasteiger partial charge in [0.1, 0.15) is 5.52 Å². The number of anilines is 1. The van der Waals surface area contributed by atoms with Gasteiger partial charge in [-0.2, -0.15) is 0 Å². The molecule has 6 nitrogen and oxygen atoms in total. The molecule has 1 atom stereocenters. The van der Waals surface area contributed by atoms with Gasteiger partial charge in [0, 0.05) is 12.1 Å². The highest BCUT2D eigenvalue weighted by atomic mass is 32.2. The molecule has 7 heteroatoms. The third kappa shape index (κ3) is 3.98. The van der Waals surface area contributed by atoms with E-state index in [1.807, 2.05) is 49.4 Å². The van der Waals surface area contributed by atoms with Crippen LogP contribution in [0.4, 0.5) is 5.69 Å². The number of hydrogen-bond donors (Lipinski definition) is 2. The topological polar surface area (TPSA) is 84.2 Å². The first-order chi connectivity index (χ1) is 13.1. The maximum Gasteiger partial charge on any atom is 0.257 e. The fraction of sp³-hybridized carbons (Fsp3) is 0.250. The third-order valence-electron chi connectivity index (χ3n) is 4.50. The molecule has 0 radical (unpaired) electrons. The zero-order chi connectivity index (χ0) is 18.8. The number of nitrogens with zero attached hydrogens (tertiary/aromatic N) is 1. The zero-order valence-corrected chi connectivity index (χ0v) is 15.6. The van der Waals surface area contributed by atoms with Gasteiger partial charge in [-0.1, -0.05) is 36.0 Å². The van der Waals surface area contributed by atoms with Crippen molar-refractivity contribution in [1.29, 1.82) is 0 Å². The molecule has 0 saturated heterocycles. The van der Waals surface area contributed by atoms with Gasteiger partial charge in [0.25, 0.3) is 5.22 Å². The number of carbonyl (C=O) groups is 2. The molecule has 1 aliphatic heterocycles. The molecule has 0 fully saturated rings. The molecule has 2 aromatic carbocycles. The van der Waals surface area contributed by atoms with E-state index in [4.69, 9.17) is 4.42 Å². The average Bonchev–Trinajstić information content (AvgIpc) is 3.09. The molecular formula is C20H19N3O3S. The third-order valence-corrected chi connectivity index (χ3v) is 5.33. The molecule has 1 unspecified atom stereocenters. The summed E-state index contributed by atoms with van der Waals surface area (Å²) in [5.41, 5.74) is 4.49. The predicted molar refractivity (Wildman–Crippen MR) is 105 cm³/mol. The fourth-order valence-electron chi connectivity index (χ4n) is 3.08. The SMILES string of the molecule is CC(NC(=O)CSc1nc2ccccc2o1)c1ccc2c(c1)CCC(=O)N2. The largest absolute Gasteiger partial charge is 0.431 e. The van der Waals surface area contributed by atoms with Gasteiger partial charge >= 0.3 is 0 Å². The minimum Gasteiger partial charge on any atom is -0.431 e. The van der Waals surface area contributed by atoms with Gasteiger partial charge in [-0.25, -0.2) is 4.98 Å². The number of carbonyl (C=O) groups excluding carboxylic acids is 2. The van der Waals surface area contributed by atoms with Crippen molar-refractivity contribution in [3.05, 3.63) is 53.6 Å². The summed E-state index contributed by atoms with van der Waals surface area (Å²) in [6.07, 6.45) is 1.22. The normalized spacial score (nSPS) is 14.5. The number of oxazole rings is 1. The second-order valence-corrected chi connectivity index (χ2v) is 7.42. The monoisotopic (exact) mass is 381 g/mol. The first-order valence-electron chi connectivity index (χ1n) is 8.79. The lowest BCUT2D eigenvalue weighted by atomic mass is 9.98. The van der Waals surface area contributed by atoms with Gasteiger partial charge in [-0.15, -0.1) is 0 Å². The second-order valence-electron chi connectivity index (χ2n) is 6.49. The summed E-state index contributed by atoms with van der Waals surface area (Å²) in [5, 5.41) is 6.36. The van der Waals surface area contributed by atoms with E-state index in [0.717, 1.165) is 34.3 Å². The molecule has 0 spiro atoms. The van der Waals surface area contributed by atoms with Crippen LogP contribution in [0.25, 0.3) is 11.1 Å². The summed E-state index contributed by atoms with van der Waals surface area (Å²) in [7, 11) is 0. The quantitative estimate of drug-likeness (QED) is 0.659. The van der Waals surface area contributed by atoms with Crippen molar-refractivity contribution in [3.8, 4) is 0 Å². The molecule has 2 heterocycles. The van der Waals surface area contributed by atoms with E-state index in [1.165, 1.54) is 11.8 Å². The molecule has 2 amide bonds. The predicted octanol–water partition coefficient (Wildman–Crippen LogP) is 3.68. The van der Waals surface area contributed by atoms with Gasteiger partial charge < -0.3 is 15.1 Å². The number of thioether (sulfide) groups is 1. The lowest BCUT2D eigenvalue weighted by Crippen LogP contribution is -2.28. The van der Waals surface area contributed by atoms with Crippen LogP contribution in [0, 0.1) is 0 Å². The molecule has 0 bridgehead atoms. The summed E-state index contributed by atoms with van der Waals surface area (Å²) in [5.74, 6) is 0.201. The van der Waals surface area contributed by atoms with Gasteiger partial charge in [-0.05, 0) is 42.7 Å². The Hall–Kier alpha value is -2.80. The van der Waals surface area contributed by atoms with Crippen molar-refractivity contribution in [2.24, 2.45) is 0 Å². The molecule has 4 rings (SSSR count). The molecule has 1 aliphatic rings. The van der Waals surface area contributed by atoms with Crippen LogP contribution in [0.15, 0.2) is 52.1 Å². The number of para-hydroxylation sites is 2. The zero-order valence-electron chi connectivity index (χ0n) is 14.8. The smallest absolute Gasteiger partial charge is 0.257 e. The van der Waals surface area contributed by atoms with Crippen molar-refractivity contribution in [3.63, 3.8) is 0 Å². The summed E-state index contributed by atoms with van der Waals surface area (Å²) >= 11 is 1.28. The van der Waals surface area contributed by atoms with Crippen LogP contribution in [-0.2, 0) is 16.0 Å². The number of benzene rings is 2. The summed E-state index contributed by atoms with van der Waals surface area (Å²) in [6.45, 7) is 1.95. The Morgan fingerprint density at radius 3 is 3.00 bits per heavy atom. The number of aryl methyl sites for hydroxylation is 1. The van der Waals surface area contributed by atoms with Crippen LogP contribution in [0.5, 0.6) is 0 Å². The van der Waals surface area contributed by atoms with Crippen LogP contribution in [0.2, 0.25) is 0 Å². The van der Waals surface area contributed by atoms with E-state index in [-0.39, 0.29) is 23.6 Å². The highest BCUT2D eigenvalue weighted by molar-refractivity contribution is 7.99.